The molecule has 1 fully saturated rings. The Morgan fingerprint density at radius 2 is 1.80 bits per heavy atom. The lowest BCUT2D eigenvalue weighted by Crippen LogP contribution is -2.54. The lowest BCUT2D eigenvalue weighted by molar-refractivity contribution is -0.136. The van der Waals surface area contributed by atoms with Crippen molar-refractivity contribution in [2.75, 3.05) is 6.61 Å². The van der Waals surface area contributed by atoms with Crippen molar-refractivity contribution in [1.82, 2.24) is 10.2 Å². The smallest absolute Gasteiger partial charge is 0.262 e. The van der Waals surface area contributed by atoms with E-state index in [0.717, 1.165) is 4.90 Å². The molecule has 0 aromatic heterocycles. The molecule has 1 unspecified atom stereocenters. The molecular weight excluding hydrogens is 400 g/mol. The predicted octanol–water partition coefficient (Wildman–Crippen LogP) is 2.46. The van der Waals surface area contributed by atoms with Gasteiger partial charge in [-0.3, -0.25) is 29.4 Å². The summed E-state index contributed by atoms with van der Waals surface area (Å²) in [6.07, 6.45) is 0.225. The molecule has 7 nitrogen and oxygen atoms in total. The molecule has 158 valence electrons. The molecule has 30 heavy (non-hydrogen) atoms. The molecule has 1 aromatic carbocycles. The van der Waals surface area contributed by atoms with Crippen LogP contribution >= 0.6 is 0 Å². The van der Waals surface area contributed by atoms with E-state index in [0.29, 0.717) is 12.2 Å². The number of hydrogen-bond acceptors (Lipinski definition) is 5. The fourth-order valence-corrected chi connectivity index (χ4v) is 3.99. The fraction of sp³-hybridized carbons (Fsp3) is 0.455. The molecule has 4 amide bonds. The maximum Gasteiger partial charge on any atom is 0.262 e. The zero-order valence-electron chi connectivity index (χ0n) is 17.9. The molecule has 8 heteroatoms. The van der Waals surface area contributed by atoms with Gasteiger partial charge in [0, 0.05) is 12.0 Å². The summed E-state index contributed by atoms with van der Waals surface area (Å²) in [5, 5.41) is 2.28. The lowest BCUT2D eigenvalue weighted by atomic mass is 10.0. The number of amides is 4. The summed E-state index contributed by atoms with van der Waals surface area (Å²) < 4.78 is 6.03. The van der Waals surface area contributed by atoms with Gasteiger partial charge in [0.25, 0.3) is 11.8 Å². The summed E-state index contributed by atoms with van der Waals surface area (Å²) in [6.45, 7) is 11.1. The number of rotatable bonds is 3. The van der Waals surface area contributed by atoms with E-state index < -0.39 is 38.0 Å². The summed E-state index contributed by atoms with van der Waals surface area (Å²) in [7, 11) is -1.89. The molecule has 0 aliphatic carbocycles. The highest BCUT2D eigenvalue weighted by atomic mass is 28.4. The monoisotopic (exact) mass is 426 g/mol. The zero-order chi connectivity index (χ0) is 22.3. The molecule has 0 bridgehead atoms. The van der Waals surface area contributed by atoms with Gasteiger partial charge in [0.1, 0.15) is 6.04 Å². The first-order valence-corrected chi connectivity index (χ1v) is 12.8. The third-order valence-corrected chi connectivity index (χ3v) is 10.5. The van der Waals surface area contributed by atoms with E-state index in [1.54, 1.807) is 18.2 Å². The minimum absolute atomic E-state index is 0.0918. The number of carbonyl (C=O) groups is 4. The summed E-state index contributed by atoms with van der Waals surface area (Å²) >= 11 is 0. The van der Waals surface area contributed by atoms with Crippen molar-refractivity contribution in [3.8, 4) is 11.8 Å². The van der Waals surface area contributed by atoms with Crippen LogP contribution in [0.15, 0.2) is 18.2 Å². The fourth-order valence-electron chi connectivity index (χ4n) is 3.12. The van der Waals surface area contributed by atoms with Crippen LogP contribution in [-0.2, 0) is 14.0 Å². The molecule has 1 atom stereocenters. The molecule has 0 radical (unpaired) electrons. The molecule has 1 N–H and O–H groups in total. The Hall–Kier alpha value is -2.76. The Morgan fingerprint density at radius 3 is 2.43 bits per heavy atom. The van der Waals surface area contributed by atoms with Crippen LogP contribution in [0.5, 0.6) is 0 Å². The van der Waals surface area contributed by atoms with Crippen molar-refractivity contribution in [2.45, 2.75) is 57.8 Å². The van der Waals surface area contributed by atoms with Gasteiger partial charge in [-0.05, 0) is 42.8 Å². The topological polar surface area (TPSA) is 92.8 Å². The Kier molecular flexibility index (Phi) is 5.71. The minimum Gasteiger partial charge on any atom is -0.406 e. The van der Waals surface area contributed by atoms with Crippen LogP contribution in [0.4, 0.5) is 0 Å². The maximum absolute atomic E-state index is 12.8. The molecule has 2 aliphatic heterocycles. The number of nitrogens with zero attached hydrogens (tertiary/aromatic N) is 1. The van der Waals surface area contributed by atoms with Crippen LogP contribution in [0.3, 0.4) is 0 Å². The minimum atomic E-state index is -1.89. The number of piperidine rings is 1. The number of fused-ring (bicyclic) bond motifs is 1. The third kappa shape index (κ3) is 4.09. The average molecular weight is 427 g/mol. The second kappa shape index (κ2) is 7.82. The quantitative estimate of drug-likeness (QED) is 0.455. The van der Waals surface area contributed by atoms with Gasteiger partial charge >= 0.3 is 0 Å². The van der Waals surface area contributed by atoms with Gasteiger partial charge in [0.15, 0.2) is 8.32 Å². The van der Waals surface area contributed by atoms with Crippen LogP contribution in [0, 0.1) is 11.8 Å². The van der Waals surface area contributed by atoms with Crippen LogP contribution in [0.2, 0.25) is 18.1 Å². The van der Waals surface area contributed by atoms with Crippen LogP contribution in [0.1, 0.15) is 59.9 Å². The van der Waals surface area contributed by atoms with Crippen molar-refractivity contribution in [2.24, 2.45) is 0 Å². The molecule has 1 aromatic rings. The van der Waals surface area contributed by atoms with Gasteiger partial charge in [-0.25, -0.2) is 0 Å². The van der Waals surface area contributed by atoms with E-state index in [4.69, 9.17) is 4.43 Å². The van der Waals surface area contributed by atoms with Gasteiger partial charge in [-0.15, -0.1) is 0 Å². The first kappa shape index (κ1) is 21.9. The summed E-state index contributed by atoms with van der Waals surface area (Å²) in [6, 6.07) is 3.83. The largest absolute Gasteiger partial charge is 0.406 e. The van der Waals surface area contributed by atoms with Crippen molar-refractivity contribution < 1.29 is 23.6 Å². The van der Waals surface area contributed by atoms with E-state index in [1.807, 2.05) is 0 Å². The molecule has 2 aliphatic rings. The highest BCUT2D eigenvalue weighted by Gasteiger charge is 2.44. The number of carbonyl (C=O) groups excluding carboxylic acids is 4. The van der Waals surface area contributed by atoms with Crippen LogP contribution in [0.25, 0.3) is 0 Å². The SMILES string of the molecule is CC(C)(C)[Si](C)(C)OCC#Cc1ccc2c(c1)C(=O)N(C1CCC(=O)NC1=O)C2=O. The number of benzene rings is 1. The van der Waals surface area contributed by atoms with Gasteiger partial charge in [0.2, 0.25) is 11.8 Å². The van der Waals surface area contributed by atoms with Gasteiger partial charge < -0.3 is 4.43 Å². The van der Waals surface area contributed by atoms with Crippen LogP contribution in [-0.4, -0.2) is 49.5 Å². The highest BCUT2D eigenvalue weighted by Crippen LogP contribution is 2.36. The second-order valence-electron chi connectivity index (χ2n) is 9.06. The van der Waals surface area contributed by atoms with Crippen molar-refractivity contribution in [3.05, 3.63) is 34.9 Å². The Labute approximate surface area is 177 Å². The Bertz CT molecular complexity index is 997. The molecular formula is C22H26N2O5Si. The summed E-state index contributed by atoms with van der Waals surface area (Å²) in [5.41, 5.74) is 1.06. The van der Waals surface area contributed by atoms with Crippen LogP contribution < -0.4 is 5.32 Å². The Balaban J connectivity index is 1.75. The normalized spacial score (nSPS) is 19.4. The zero-order valence-corrected chi connectivity index (χ0v) is 18.9. The third-order valence-electron chi connectivity index (χ3n) is 5.98. The molecule has 0 saturated carbocycles. The van der Waals surface area contributed by atoms with E-state index in [-0.39, 0.29) is 29.0 Å². The predicted molar refractivity (Wildman–Crippen MR) is 113 cm³/mol. The molecule has 2 heterocycles. The van der Waals surface area contributed by atoms with Crippen molar-refractivity contribution >= 4 is 31.9 Å². The number of imide groups is 2. The number of hydrogen-bond donors (Lipinski definition) is 1. The molecule has 0 spiro atoms. The highest BCUT2D eigenvalue weighted by molar-refractivity contribution is 6.74. The first-order valence-electron chi connectivity index (χ1n) is 9.91. The Morgan fingerprint density at radius 1 is 1.13 bits per heavy atom. The lowest BCUT2D eigenvalue weighted by Gasteiger charge is -2.35. The van der Waals surface area contributed by atoms with E-state index in [1.165, 1.54) is 0 Å². The summed E-state index contributed by atoms with van der Waals surface area (Å²) in [5.74, 6) is 3.89. The average Bonchev–Trinajstić information content (AvgIpc) is 2.89. The van der Waals surface area contributed by atoms with Gasteiger partial charge in [-0.1, -0.05) is 32.6 Å². The standard InChI is InChI=1S/C22H26N2O5Si/c1-22(2,3)30(4,5)29-12-6-7-14-8-9-15-16(13-14)21(28)24(20(15)27)17-10-11-18(25)23-19(17)26/h8-9,13,17H,10-12H2,1-5H3,(H,23,25,26). The molecule has 3 rings (SSSR count). The van der Waals surface area contributed by atoms with Crippen molar-refractivity contribution in [1.29, 1.82) is 0 Å². The van der Waals surface area contributed by atoms with E-state index in [2.05, 4.69) is 51.0 Å². The first-order chi connectivity index (χ1) is 13.9. The van der Waals surface area contributed by atoms with Crippen molar-refractivity contribution in [3.63, 3.8) is 0 Å². The number of nitrogens with one attached hydrogen (secondary N) is 1. The molecule has 1 saturated heterocycles. The second-order valence-corrected chi connectivity index (χ2v) is 13.9. The maximum atomic E-state index is 12.8. The van der Waals surface area contributed by atoms with E-state index >= 15 is 0 Å². The van der Waals surface area contributed by atoms with E-state index in [9.17, 15) is 19.2 Å². The van der Waals surface area contributed by atoms with Gasteiger partial charge in [-0.2, -0.15) is 0 Å². The van der Waals surface area contributed by atoms with Gasteiger partial charge in [0.05, 0.1) is 17.7 Å². The summed E-state index contributed by atoms with van der Waals surface area (Å²) in [4.78, 5) is 50.0.